The molecule has 0 amide bonds. The molecule has 0 saturated carbocycles. The summed E-state index contributed by atoms with van der Waals surface area (Å²) in [4.78, 5) is 9.40. The van der Waals surface area contributed by atoms with Crippen molar-refractivity contribution in [2.75, 3.05) is 0 Å². The summed E-state index contributed by atoms with van der Waals surface area (Å²) in [5.41, 5.74) is 8.56. The van der Waals surface area contributed by atoms with Crippen LogP contribution in [-0.4, -0.2) is 26.4 Å². The molecule has 12 rings (SSSR count). The molecule has 0 aliphatic heterocycles. The Balaban J connectivity index is 0.000000455. The van der Waals surface area contributed by atoms with Crippen LogP contribution in [0.2, 0.25) is 0 Å². The second kappa shape index (κ2) is 20.0. The largest absolute Gasteiger partial charge is 0.501 e. The van der Waals surface area contributed by atoms with Crippen molar-refractivity contribution in [3.8, 4) is 61.7 Å². The molecule has 0 unspecified atom stereocenters. The number of hydrogen-bond acceptors (Lipinski definition) is 3. The van der Waals surface area contributed by atoms with Crippen LogP contribution >= 0.6 is 0 Å². The number of alkyl halides is 8. The molecule has 3 aromatic heterocycles. The number of halogens is 8. The van der Waals surface area contributed by atoms with E-state index in [1.54, 1.807) is 24.4 Å². The average Bonchev–Trinajstić information content (AvgIpc) is 4.15. The van der Waals surface area contributed by atoms with E-state index >= 15 is 8.78 Å². The Hall–Kier alpha value is -7.73. The number of para-hydroxylation sites is 2. The Morgan fingerprint density at radius 1 is 0.506 bits per heavy atom. The van der Waals surface area contributed by atoms with Gasteiger partial charge in [0, 0.05) is 48.5 Å². The van der Waals surface area contributed by atoms with Gasteiger partial charge in [-0.25, -0.2) is 0 Å². The van der Waals surface area contributed by atoms with Gasteiger partial charge in [-0.2, -0.15) is 35.1 Å². The molecule has 8 aromatic carbocycles. The number of pyridine rings is 1. The third-order valence-corrected chi connectivity index (χ3v) is 14.0. The minimum atomic E-state index is -6.36. The molecule has 0 spiro atoms. The monoisotopic (exact) mass is 1220 g/mol. The van der Waals surface area contributed by atoms with Crippen LogP contribution in [0.5, 0.6) is 0 Å². The Kier molecular flexibility index (Phi) is 13.7. The maximum atomic E-state index is 15.0. The Morgan fingerprint density at radius 2 is 1.09 bits per heavy atom. The normalized spacial score (nSPS) is 15.0. The summed E-state index contributed by atoms with van der Waals surface area (Å²) < 4.78 is 126. The molecule has 0 saturated heterocycles. The van der Waals surface area contributed by atoms with E-state index in [-0.39, 0.29) is 48.7 Å². The molecule has 0 bridgehead atoms. The third kappa shape index (κ3) is 8.83. The first kappa shape index (κ1) is 52.7. The average molecular weight is 1220 g/mol. The number of benzene rings is 8. The fraction of sp³-hybridized carbons (Fsp3) is 0.156. The maximum Gasteiger partial charge on any atom is 0.382 e. The molecular formula is C64H45F8IrN3O-2. The molecule has 3 heterocycles. The Morgan fingerprint density at radius 3 is 1.74 bits per heavy atom. The van der Waals surface area contributed by atoms with E-state index < -0.39 is 34.8 Å². The zero-order valence-corrected chi connectivity index (χ0v) is 44.1. The van der Waals surface area contributed by atoms with Gasteiger partial charge < -0.3 is 14.0 Å². The van der Waals surface area contributed by atoms with Crippen molar-refractivity contribution in [2.45, 2.75) is 63.2 Å². The molecule has 0 N–H and O–H groups in total. The van der Waals surface area contributed by atoms with Crippen molar-refractivity contribution in [1.29, 1.82) is 0 Å². The van der Waals surface area contributed by atoms with E-state index in [1.165, 1.54) is 12.1 Å². The number of imidazole rings is 1. The molecule has 11 aromatic rings. The molecule has 389 valence electrons. The van der Waals surface area contributed by atoms with Crippen LogP contribution in [0.15, 0.2) is 193 Å². The molecular weight excluding hydrogens is 1170 g/mol. The number of fused-ring (bicyclic) bond motifs is 5. The Labute approximate surface area is 452 Å². The summed E-state index contributed by atoms with van der Waals surface area (Å²) in [6.45, 7) is 8.63. The van der Waals surface area contributed by atoms with Crippen molar-refractivity contribution in [3.63, 3.8) is 0 Å². The molecule has 4 nitrogen and oxygen atoms in total. The van der Waals surface area contributed by atoms with Gasteiger partial charge in [0.15, 0.2) is 0 Å². The predicted molar refractivity (Wildman–Crippen MR) is 283 cm³/mol. The van der Waals surface area contributed by atoms with Crippen LogP contribution in [-0.2, 0) is 32.0 Å². The van der Waals surface area contributed by atoms with Crippen LogP contribution in [0, 0.1) is 12.1 Å². The number of hydrogen-bond donors (Lipinski definition) is 0. The van der Waals surface area contributed by atoms with Gasteiger partial charge in [-0.1, -0.05) is 142 Å². The summed E-state index contributed by atoms with van der Waals surface area (Å²) in [5, 5.41) is 1.26. The second-order valence-electron chi connectivity index (χ2n) is 19.5. The van der Waals surface area contributed by atoms with Gasteiger partial charge >= 0.3 is 23.7 Å². The molecule has 1 radical (unpaired) electrons. The standard InChI is InChI=1S/C53H37F8N2O.C11H8N.Ir/c1-29(2)40-25-36(33-19-17-32(18-20-33)31-11-6-5-7-12-31)26-41(30(3)4)47(40)63-45-16-9-8-15-44(45)62-49(63)39-14-10-13-38-37-23-21-35(28-46(37)64-48(38)39)34-22-24-42-43(27-34)51(56,57)53(60,61)52(58,59)50(42,54)55;1-2-6-10(7-3-1)11-8-4-5-9-12-11;/h5-13,15-30H,1-4H3;1-6,8-9H;/q2*-1;. The van der Waals surface area contributed by atoms with Crippen LogP contribution < -0.4 is 0 Å². The van der Waals surface area contributed by atoms with Gasteiger partial charge in [0.2, 0.25) is 0 Å². The van der Waals surface area contributed by atoms with Gasteiger partial charge in [0.1, 0.15) is 5.58 Å². The minimum absolute atomic E-state index is 0. The first-order valence-electron chi connectivity index (χ1n) is 24.6. The van der Waals surface area contributed by atoms with Gasteiger partial charge in [-0.05, 0) is 105 Å². The number of furan rings is 1. The molecule has 0 fully saturated rings. The van der Waals surface area contributed by atoms with Crippen molar-refractivity contribution < 1.29 is 59.6 Å². The minimum Gasteiger partial charge on any atom is -0.501 e. The summed E-state index contributed by atoms with van der Waals surface area (Å²) in [5.74, 6) is -23.1. The topological polar surface area (TPSA) is 43.9 Å². The van der Waals surface area contributed by atoms with Crippen LogP contribution in [0.4, 0.5) is 35.1 Å². The van der Waals surface area contributed by atoms with Gasteiger partial charge in [-0.3, -0.25) is 4.98 Å². The third-order valence-electron chi connectivity index (χ3n) is 14.0. The molecule has 0 atom stereocenters. The smallest absolute Gasteiger partial charge is 0.382 e. The van der Waals surface area contributed by atoms with E-state index in [1.807, 2.05) is 84.9 Å². The first-order valence-corrected chi connectivity index (χ1v) is 24.6. The fourth-order valence-corrected chi connectivity index (χ4v) is 10.0. The summed E-state index contributed by atoms with van der Waals surface area (Å²) in [7, 11) is 0. The van der Waals surface area contributed by atoms with Gasteiger partial charge in [-0.15, -0.1) is 54.1 Å². The van der Waals surface area contributed by atoms with E-state index in [9.17, 15) is 26.3 Å². The van der Waals surface area contributed by atoms with Crippen molar-refractivity contribution in [3.05, 3.63) is 223 Å². The van der Waals surface area contributed by atoms with E-state index in [0.717, 1.165) is 67.4 Å². The number of aromatic nitrogens is 3. The second-order valence-corrected chi connectivity index (χ2v) is 19.5. The van der Waals surface area contributed by atoms with Crippen molar-refractivity contribution in [1.82, 2.24) is 14.5 Å². The first-order chi connectivity index (χ1) is 36.4. The van der Waals surface area contributed by atoms with E-state index in [4.69, 9.17) is 9.40 Å². The quantitative estimate of drug-likeness (QED) is 0.112. The van der Waals surface area contributed by atoms with Crippen LogP contribution in [0.1, 0.15) is 61.8 Å². The van der Waals surface area contributed by atoms with Crippen LogP contribution in [0.25, 0.3) is 94.7 Å². The zero-order valence-electron chi connectivity index (χ0n) is 41.7. The van der Waals surface area contributed by atoms with Crippen molar-refractivity contribution >= 4 is 33.0 Å². The molecule has 1 aliphatic carbocycles. The molecule has 77 heavy (non-hydrogen) atoms. The summed E-state index contributed by atoms with van der Waals surface area (Å²) in [6, 6.07) is 61.1. The zero-order chi connectivity index (χ0) is 53.3. The van der Waals surface area contributed by atoms with Gasteiger partial charge in [0.05, 0.1) is 22.4 Å². The SMILES string of the molecule is CC(C)c1cc(-c2ccc(-c3ccccc3)cc2)cc(C(C)C)c1-n1c(-c2[c-]ccc3c2oc2cc(-c4ccc5c(c4)C(F)(F)C(F)(F)C(F)(F)C5(F)F)ccc23)nc2ccccc21.[Ir].[c-]1ccccc1-c1ccccn1. The maximum absolute atomic E-state index is 15.0. The summed E-state index contributed by atoms with van der Waals surface area (Å²) in [6.07, 6.45) is 1.79. The Bertz CT molecular complexity index is 3880. The van der Waals surface area contributed by atoms with E-state index in [2.05, 4.69) is 97.9 Å². The van der Waals surface area contributed by atoms with E-state index in [0.29, 0.717) is 39.9 Å². The number of rotatable bonds is 8. The van der Waals surface area contributed by atoms with Crippen molar-refractivity contribution in [2.24, 2.45) is 0 Å². The summed E-state index contributed by atoms with van der Waals surface area (Å²) >= 11 is 0. The van der Waals surface area contributed by atoms with Crippen LogP contribution in [0.3, 0.4) is 0 Å². The predicted octanol–water partition coefficient (Wildman–Crippen LogP) is 18.7. The molecule has 13 heteroatoms. The fourth-order valence-electron chi connectivity index (χ4n) is 10.0. The van der Waals surface area contributed by atoms with Gasteiger partial charge in [0.25, 0.3) is 0 Å². The number of nitrogens with zero attached hydrogens (tertiary/aromatic N) is 3. The molecule has 1 aliphatic rings.